The molecule has 0 spiro atoms. The molecule has 5 nitrogen and oxygen atoms in total. The van der Waals surface area contributed by atoms with Crippen molar-refractivity contribution in [3.63, 3.8) is 0 Å². The van der Waals surface area contributed by atoms with E-state index in [2.05, 4.69) is 0 Å². The van der Waals surface area contributed by atoms with Crippen molar-refractivity contribution >= 4 is 0 Å². The molecule has 0 radical (unpaired) electrons. The lowest BCUT2D eigenvalue weighted by Crippen LogP contribution is -2.40. The Bertz CT molecular complexity index is 535. The Morgan fingerprint density at radius 3 is 2.35 bits per heavy atom. The molecule has 96 valence electrons. The Hall–Kier alpha value is -1.87. The summed E-state index contributed by atoms with van der Waals surface area (Å²) in [5.74, 6) is -8.28. The predicted molar refractivity (Wildman–Crippen MR) is 43.9 cm³/mol. The Morgan fingerprint density at radius 2 is 1.88 bits per heavy atom. The van der Waals surface area contributed by atoms with Gasteiger partial charge in [-0.15, -0.1) is 0 Å². The Morgan fingerprint density at radius 1 is 1.35 bits per heavy atom. The molecule has 0 aromatic carbocycles. The van der Waals surface area contributed by atoms with Crippen LogP contribution in [-0.2, 0) is 6.54 Å². The third kappa shape index (κ3) is 2.45. The van der Waals surface area contributed by atoms with Crippen LogP contribution < -0.4 is 11.2 Å². The molecule has 2 N–H and O–H groups in total. The Balaban J connectivity index is 3.30. The summed E-state index contributed by atoms with van der Waals surface area (Å²) in [6.07, 6.45) is -4.11. The summed E-state index contributed by atoms with van der Waals surface area (Å²) in [6.45, 7) is -1.96. The number of aromatic nitrogens is 2. The van der Waals surface area contributed by atoms with E-state index in [4.69, 9.17) is 5.11 Å². The van der Waals surface area contributed by atoms with E-state index in [1.807, 2.05) is 0 Å². The van der Waals surface area contributed by atoms with E-state index < -0.39 is 41.8 Å². The van der Waals surface area contributed by atoms with Crippen LogP contribution in [0.4, 0.5) is 22.0 Å². The molecule has 0 bridgehead atoms. The lowest BCUT2D eigenvalue weighted by Gasteiger charge is -2.16. The van der Waals surface area contributed by atoms with Crippen molar-refractivity contribution in [2.24, 2.45) is 0 Å². The molecule has 10 heteroatoms. The molecule has 0 unspecified atom stereocenters. The highest BCUT2D eigenvalue weighted by atomic mass is 19.3. The molecule has 1 aromatic rings. The van der Waals surface area contributed by atoms with Gasteiger partial charge in [0.05, 0.1) is 0 Å². The summed E-state index contributed by atoms with van der Waals surface area (Å²) in [5.41, 5.74) is -3.25. The van der Waals surface area contributed by atoms with Crippen molar-refractivity contribution in [2.75, 3.05) is 0 Å². The number of rotatable bonds is 3. The number of aromatic hydroxyl groups is 1. The summed E-state index contributed by atoms with van der Waals surface area (Å²) in [5, 5.41) is 8.89. The summed E-state index contributed by atoms with van der Waals surface area (Å²) in [4.78, 5) is 22.7. The van der Waals surface area contributed by atoms with Gasteiger partial charge < -0.3 is 5.11 Å². The molecule has 1 heterocycles. The molecule has 17 heavy (non-hydrogen) atoms. The minimum Gasteiger partial charge on any atom is -0.492 e. The zero-order chi connectivity index (χ0) is 13.4. The van der Waals surface area contributed by atoms with Crippen molar-refractivity contribution < 1.29 is 27.1 Å². The first-order valence-corrected chi connectivity index (χ1v) is 4.04. The highest BCUT2D eigenvalue weighted by Gasteiger charge is 2.42. The van der Waals surface area contributed by atoms with Gasteiger partial charge in [0.2, 0.25) is 11.7 Å². The lowest BCUT2D eigenvalue weighted by molar-refractivity contribution is -0.139. The minimum absolute atomic E-state index is 0.386. The van der Waals surface area contributed by atoms with Crippen LogP contribution in [0.25, 0.3) is 0 Å². The van der Waals surface area contributed by atoms with Crippen LogP contribution in [0.15, 0.2) is 9.59 Å². The second-order valence-corrected chi connectivity index (χ2v) is 3.04. The van der Waals surface area contributed by atoms with E-state index >= 15 is 0 Å². The van der Waals surface area contributed by atoms with E-state index in [1.54, 1.807) is 0 Å². The highest BCUT2D eigenvalue weighted by Crippen LogP contribution is 2.25. The molecular weight excluding hydrogens is 255 g/mol. The first-order chi connectivity index (χ1) is 7.66. The molecule has 1 rings (SSSR count). The second-order valence-electron chi connectivity index (χ2n) is 3.04. The van der Waals surface area contributed by atoms with E-state index in [-0.39, 0.29) is 4.57 Å². The van der Waals surface area contributed by atoms with Crippen molar-refractivity contribution in [1.82, 2.24) is 9.55 Å². The molecule has 0 saturated carbocycles. The quantitative estimate of drug-likeness (QED) is 0.766. The van der Waals surface area contributed by atoms with Crippen molar-refractivity contribution in [3.8, 4) is 5.88 Å². The largest absolute Gasteiger partial charge is 0.492 e. The summed E-state index contributed by atoms with van der Waals surface area (Å²) < 4.78 is 61.2. The normalized spacial score (nSPS) is 12.1. The zero-order valence-electron chi connectivity index (χ0n) is 7.89. The first-order valence-electron chi connectivity index (χ1n) is 4.04. The molecule has 0 fully saturated rings. The summed E-state index contributed by atoms with van der Waals surface area (Å²) in [7, 11) is 0. The van der Waals surface area contributed by atoms with E-state index in [0.29, 0.717) is 0 Å². The maximum absolute atomic E-state index is 12.8. The van der Waals surface area contributed by atoms with Gasteiger partial charge in [0.1, 0.15) is 6.54 Å². The standard InChI is InChI=1S/C7H5F5N2O3/c8-2-3(15)13-6(17)14(4(2)16)1-7(11,12)5(9)10/h5,16H,1H2,(H,13,15,17). The molecule has 0 aliphatic rings. The van der Waals surface area contributed by atoms with Crippen LogP contribution >= 0.6 is 0 Å². The summed E-state index contributed by atoms with van der Waals surface area (Å²) in [6, 6.07) is 0. The maximum atomic E-state index is 12.8. The number of aromatic amines is 1. The average molecular weight is 260 g/mol. The van der Waals surface area contributed by atoms with Crippen molar-refractivity contribution in [3.05, 3.63) is 26.7 Å². The van der Waals surface area contributed by atoms with Crippen LogP contribution in [0.3, 0.4) is 0 Å². The molecule has 0 atom stereocenters. The molecule has 0 amide bonds. The van der Waals surface area contributed by atoms with Gasteiger partial charge >= 0.3 is 18.0 Å². The number of nitrogens with one attached hydrogen (secondary N) is 1. The Labute approximate surface area is 89.1 Å². The van der Waals surface area contributed by atoms with Gasteiger partial charge in [-0.05, 0) is 0 Å². The lowest BCUT2D eigenvalue weighted by atomic mass is 10.3. The average Bonchev–Trinajstić information content (AvgIpc) is 2.21. The molecule has 0 aliphatic carbocycles. The fraction of sp³-hybridized carbons (Fsp3) is 0.429. The van der Waals surface area contributed by atoms with Gasteiger partial charge in [0.25, 0.3) is 5.56 Å². The van der Waals surface area contributed by atoms with Crippen molar-refractivity contribution in [2.45, 2.75) is 18.9 Å². The first kappa shape index (κ1) is 13.2. The maximum Gasteiger partial charge on any atom is 0.331 e. The van der Waals surface area contributed by atoms with Gasteiger partial charge in [-0.3, -0.25) is 14.3 Å². The zero-order valence-corrected chi connectivity index (χ0v) is 7.89. The third-order valence-electron chi connectivity index (χ3n) is 1.81. The van der Waals surface area contributed by atoms with Crippen LogP contribution in [0, 0.1) is 5.82 Å². The van der Waals surface area contributed by atoms with Gasteiger partial charge in [-0.25, -0.2) is 13.6 Å². The second kappa shape index (κ2) is 4.18. The molecule has 1 aromatic heterocycles. The van der Waals surface area contributed by atoms with Crippen LogP contribution in [0.1, 0.15) is 0 Å². The molecule has 0 aliphatic heterocycles. The number of hydrogen-bond acceptors (Lipinski definition) is 3. The minimum atomic E-state index is -4.65. The molecule has 0 saturated heterocycles. The van der Waals surface area contributed by atoms with Crippen molar-refractivity contribution in [1.29, 1.82) is 0 Å². The topological polar surface area (TPSA) is 75.1 Å². The van der Waals surface area contributed by atoms with Gasteiger partial charge in [0, 0.05) is 0 Å². The number of nitrogens with zero attached hydrogens (tertiary/aromatic N) is 1. The predicted octanol–water partition coefficient (Wildman–Crippen LogP) is 0.282. The van der Waals surface area contributed by atoms with Gasteiger partial charge in [-0.2, -0.15) is 13.2 Å². The van der Waals surface area contributed by atoms with E-state index in [1.165, 1.54) is 4.98 Å². The third-order valence-corrected chi connectivity index (χ3v) is 1.81. The van der Waals surface area contributed by atoms with E-state index in [0.717, 1.165) is 0 Å². The summed E-state index contributed by atoms with van der Waals surface area (Å²) >= 11 is 0. The Kier molecular flexibility index (Phi) is 3.25. The number of H-pyrrole nitrogens is 1. The number of hydrogen-bond donors (Lipinski definition) is 2. The SMILES string of the molecule is O=c1[nH]c(=O)n(CC(F)(F)C(F)F)c(O)c1F. The number of alkyl halides is 4. The smallest absolute Gasteiger partial charge is 0.331 e. The fourth-order valence-corrected chi connectivity index (χ4v) is 0.962. The van der Waals surface area contributed by atoms with Crippen LogP contribution in [0.2, 0.25) is 0 Å². The van der Waals surface area contributed by atoms with Crippen LogP contribution in [0.5, 0.6) is 5.88 Å². The highest BCUT2D eigenvalue weighted by molar-refractivity contribution is 5.10. The number of halogens is 5. The van der Waals surface area contributed by atoms with Gasteiger partial charge in [0.15, 0.2) is 0 Å². The monoisotopic (exact) mass is 260 g/mol. The molecular formula is C7H5F5N2O3. The fourth-order valence-electron chi connectivity index (χ4n) is 0.962. The van der Waals surface area contributed by atoms with Crippen LogP contribution in [-0.4, -0.2) is 27.0 Å². The van der Waals surface area contributed by atoms with E-state index in [9.17, 15) is 31.5 Å². The van der Waals surface area contributed by atoms with Gasteiger partial charge in [-0.1, -0.05) is 0 Å².